The van der Waals surface area contributed by atoms with E-state index in [1.807, 2.05) is 0 Å². The van der Waals surface area contributed by atoms with Crippen LogP contribution in [-0.2, 0) is 9.53 Å². The van der Waals surface area contributed by atoms with Crippen LogP contribution in [0.5, 0.6) is 0 Å². The number of carbonyl (C=O) groups is 1. The predicted octanol–water partition coefficient (Wildman–Crippen LogP) is 3.00. The van der Waals surface area contributed by atoms with Crippen LogP contribution in [0, 0.1) is 0 Å². The zero-order valence-electron chi connectivity index (χ0n) is 12.1. The number of hydrogen-bond donors (Lipinski definition) is 0. The van der Waals surface area contributed by atoms with Gasteiger partial charge in [0.2, 0.25) is 0 Å². The molecule has 0 aliphatic rings. The molecule has 0 heterocycles. The maximum Gasteiger partial charge on any atom is 0.333 e. The van der Waals surface area contributed by atoms with Crippen LogP contribution in [0.3, 0.4) is 0 Å². The summed E-state index contributed by atoms with van der Waals surface area (Å²) in [4.78, 5) is 13.7. The Morgan fingerprint density at radius 3 is 2.00 bits per heavy atom. The highest BCUT2D eigenvalue weighted by Crippen LogP contribution is 2.13. The van der Waals surface area contributed by atoms with E-state index in [2.05, 4.69) is 46.1 Å². The summed E-state index contributed by atoms with van der Waals surface area (Å²) in [7, 11) is 0. The summed E-state index contributed by atoms with van der Waals surface area (Å²) >= 11 is 0. The highest BCUT2D eigenvalue weighted by Gasteiger charge is 2.20. The number of hydrogen-bond acceptors (Lipinski definition) is 3. The van der Waals surface area contributed by atoms with Crippen molar-refractivity contribution in [3.63, 3.8) is 0 Å². The lowest BCUT2D eigenvalue weighted by Crippen LogP contribution is -2.44. The topological polar surface area (TPSA) is 29.5 Å². The molecule has 0 amide bonds. The number of esters is 1. The fraction of sp³-hybridized carbons (Fsp3) is 0.786. The van der Waals surface area contributed by atoms with Gasteiger partial charge in [-0.05, 0) is 48.0 Å². The van der Waals surface area contributed by atoms with Crippen molar-refractivity contribution in [3.8, 4) is 0 Å². The molecule has 100 valence electrons. The molecular formula is C14H27NO2. The van der Waals surface area contributed by atoms with Crippen molar-refractivity contribution in [1.29, 1.82) is 0 Å². The second-order valence-corrected chi connectivity index (χ2v) is 5.19. The molecule has 1 unspecified atom stereocenters. The Balaban J connectivity index is 4.11. The maximum absolute atomic E-state index is 11.2. The fourth-order valence-corrected chi connectivity index (χ4v) is 2.21. The van der Waals surface area contributed by atoms with Crippen LogP contribution in [-0.4, -0.2) is 35.6 Å². The molecular weight excluding hydrogens is 214 g/mol. The van der Waals surface area contributed by atoms with Gasteiger partial charge < -0.3 is 4.74 Å². The SMILES string of the molecule is C=C(C)C(=O)OCCC(C)N(C(C)C)C(C)C. The molecule has 0 saturated carbocycles. The average Bonchev–Trinajstić information content (AvgIpc) is 2.15. The van der Waals surface area contributed by atoms with E-state index in [1.165, 1.54) is 0 Å². The Kier molecular flexibility index (Phi) is 7.12. The molecule has 0 fully saturated rings. The smallest absolute Gasteiger partial charge is 0.333 e. The largest absolute Gasteiger partial charge is 0.462 e. The fourth-order valence-electron chi connectivity index (χ4n) is 2.21. The lowest BCUT2D eigenvalue weighted by atomic mass is 10.1. The summed E-state index contributed by atoms with van der Waals surface area (Å²) in [5.41, 5.74) is 0.460. The lowest BCUT2D eigenvalue weighted by molar-refractivity contribution is -0.139. The first-order valence-electron chi connectivity index (χ1n) is 6.37. The van der Waals surface area contributed by atoms with Gasteiger partial charge >= 0.3 is 5.97 Å². The summed E-state index contributed by atoms with van der Waals surface area (Å²) in [5.74, 6) is -0.294. The van der Waals surface area contributed by atoms with Crippen molar-refractivity contribution in [2.75, 3.05) is 6.61 Å². The molecule has 0 saturated heterocycles. The van der Waals surface area contributed by atoms with Gasteiger partial charge in [0.15, 0.2) is 0 Å². The zero-order valence-corrected chi connectivity index (χ0v) is 12.1. The van der Waals surface area contributed by atoms with Crippen LogP contribution in [0.1, 0.15) is 48.0 Å². The minimum atomic E-state index is -0.294. The van der Waals surface area contributed by atoms with Gasteiger partial charge in [0.05, 0.1) is 6.61 Å². The molecule has 0 aromatic heterocycles. The Hall–Kier alpha value is -0.830. The monoisotopic (exact) mass is 241 g/mol. The van der Waals surface area contributed by atoms with E-state index in [0.717, 1.165) is 6.42 Å². The van der Waals surface area contributed by atoms with Crippen LogP contribution in [0.25, 0.3) is 0 Å². The molecule has 1 atom stereocenters. The number of carbonyl (C=O) groups excluding carboxylic acids is 1. The molecule has 0 rings (SSSR count). The molecule has 3 heteroatoms. The molecule has 0 bridgehead atoms. The van der Waals surface area contributed by atoms with Crippen molar-refractivity contribution >= 4 is 5.97 Å². The highest BCUT2D eigenvalue weighted by molar-refractivity contribution is 5.86. The molecule has 0 aromatic carbocycles. The van der Waals surface area contributed by atoms with Gasteiger partial charge in [-0.15, -0.1) is 0 Å². The predicted molar refractivity (Wildman–Crippen MR) is 72.0 cm³/mol. The first-order chi connectivity index (χ1) is 7.77. The molecule has 0 spiro atoms. The van der Waals surface area contributed by atoms with E-state index in [1.54, 1.807) is 6.92 Å². The number of rotatable bonds is 7. The van der Waals surface area contributed by atoms with E-state index in [9.17, 15) is 4.79 Å². The average molecular weight is 241 g/mol. The van der Waals surface area contributed by atoms with Crippen LogP contribution >= 0.6 is 0 Å². The van der Waals surface area contributed by atoms with Crippen LogP contribution in [0.4, 0.5) is 0 Å². The second kappa shape index (κ2) is 7.49. The van der Waals surface area contributed by atoms with Crippen molar-refractivity contribution in [1.82, 2.24) is 4.90 Å². The summed E-state index contributed by atoms with van der Waals surface area (Å²) in [6.07, 6.45) is 0.857. The van der Waals surface area contributed by atoms with Gasteiger partial charge in [-0.25, -0.2) is 4.79 Å². The minimum absolute atomic E-state index is 0.294. The van der Waals surface area contributed by atoms with Crippen LogP contribution in [0.2, 0.25) is 0 Å². The Morgan fingerprint density at radius 1 is 1.18 bits per heavy atom. The highest BCUT2D eigenvalue weighted by atomic mass is 16.5. The summed E-state index contributed by atoms with van der Waals surface area (Å²) in [6, 6.07) is 1.41. The second-order valence-electron chi connectivity index (χ2n) is 5.19. The zero-order chi connectivity index (χ0) is 13.6. The third-order valence-corrected chi connectivity index (χ3v) is 2.82. The van der Waals surface area contributed by atoms with E-state index in [0.29, 0.717) is 30.3 Å². The summed E-state index contributed by atoms with van der Waals surface area (Å²) in [6.45, 7) is 16.6. The van der Waals surface area contributed by atoms with Gasteiger partial charge in [0, 0.05) is 23.7 Å². The Bertz CT molecular complexity index is 251. The van der Waals surface area contributed by atoms with Crippen molar-refractivity contribution in [2.45, 2.75) is 66.1 Å². The van der Waals surface area contributed by atoms with Crippen molar-refractivity contribution < 1.29 is 9.53 Å². The van der Waals surface area contributed by atoms with E-state index in [4.69, 9.17) is 4.74 Å². The quantitative estimate of drug-likeness (QED) is 0.507. The first kappa shape index (κ1) is 16.2. The molecule has 0 aromatic rings. The number of nitrogens with zero attached hydrogens (tertiary/aromatic N) is 1. The van der Waals surface area contributed by atoms with Gasteiger partial charge in [-0.2, -0.15) is 0 Å². The third kappa shape index (κ3) is 5.87. The lowest BCUT2D eigenvalue weighted by Gasteiger charge is -2.36. The van der Waals surface area contributed by atoms with Crippen molar-refractivity contribution in [2.24, 2.45) is 0 Å². The molecule has 0 N–H and O–H groups in total. The normalized spacial score (nSPS) is 13.2. The third-order valence-electron chi connectivity index (χ3n) is 2.82. The minimum Gasteiger partial charge on any atom is -0.462 e. The Morgan fingerprint density at radius 2 is 1.65 bits per heavy atom. The molecule has 3 nitrogen and oxygen atoms in total. The Labute approximate surface area is 106 Å². The summed E-state index contributed by atoms with van der Waals surface area (Å²) in [5, 5.41) is 0. The molecule has 17 heavy (non-hydrogen) atoms. The van der Waals surface area contributed by atoms with Gasteiger partial charge in [0.25, 0.3) is 0 Å². The molecule has 0 aliphatic carbocycles. The molecule has 0 aliphatic heterocycles. The van der Waals surface area contributed by atoms with E-state index in [-0.39, 0.29) is 5.97 Å². The van der Waals surface area contributed by atoms with Crippen LogP contribution in [0.15, 0.2) is 12.2 Å². The molecule has 0 radical (unpaired) electrons. The van der Waals surface area contributed by atoms with Gasteiger partial charge in [-0.3, -0.25) is 4.90 Å². The number of ether oxygens (including phenoxy) is 1. The first-order valence-corrected chi connectivity index (χ1v) is 6.37. The van der Waals surface area contributed by atoms with Crippen molar-refractivity contribution in [3.05, 3.63) is 12.2 Å². The van der Waals surface area contributed by atoms with E-state index >= 15 is 0 Å². The maximum atomic E-state index is 11.2. The van der Waals surface area contributed by atoms with E-state index < -0.39 is 0 Å². The van der Waals surface area contributed by atoms with Gasteiger partial charge in [0.1, 0.15) is 0 Å². The summed E-state index contributed by atoms with van der Waals surface area (Å²) < 4.78 is 5.12. The van der Waals surface area contributed by atoms with Crippen LogP contribution < -0.4 is 0 Å². The standard InChI is InChI=1S/C14H27NO2/c1-10(2)14(16)17-9-8-13(7)15(11(3)4)12(5)6/h11-13H,1,8-9H2,2-7H3. The van der Waals surface area contributed by atoms with Gasteiger partial charge in [-0.1, -0.05) is 6.58 Å².